The van der Waals surface area contributed by atoms with Gasteiger partial charge in [-0.15, -0.1) is 11.8 Å². The van der Waals surface area contributed by atoms with E-state index in [9.17, 15) is 25.5 Å². The molecule has 3 atom stereocenters. The van der Waals surface area contributed by atoms with E-state index in [-0.39, 0.29) is 28.7 Å². The highest BCUT2D eigenvalue weighted by Crippen LogP contribution is 2.53. The lowest BCUT2D eigenvalue weighted by Crippen LogP contribution is -2.33. The van der Waals surface area contributed by atoms with Gasteiger partial charge < -0.3 is 30.3 Å². The van der Waals surface area contributed by atoms with Crippen LogP contribution in [0.25, 0.3) is 0 Å². The summed E-state index contributed by atoms with van der Waals surface area (Å²) in [7, 11) is 0. The van der Waals surface area contributed by atoms with Crippen molar-refractivity contribution in [1.29, 1.82) is 0 Å². The highest BCUT2D eigenvalue weighted by atomic mass is 32.2. The first-order valence-electron chi connectivity index (χ1n) is 9.02. The monoisotopic (exact) mass is 412 g/mol. The summed E-state index contributed by atoms with van der Waals surface area (Å²) < 4.78 is 5.89. The number of rotatable bonds is 4. The number of aliphatic hydroxyl groups is 1. The molecule has 1 aliphatic rings. The van der Waals surface area contributed by atoms with Crippen LogP contribution in [0, 0.1) is 0 Å². The van der Waals surface area contributed by atoms with Crippen LogP contribution in [0.15, 0.2) is 60.7 Å². The Kier molecular flexibility index (Phi) is 5.17. The zero-order valence-corrected chi connectivity index (χ0v) is 16.1. The molecule has 5 N–H and O–H groups in total. The van der Waals surface area contributed by atoms with E-state index in [2.05, 4.69) is 0 Å². The molecule has 0 radical (unpaired) electrons. The Hall–Kier alpha value is -3.03. The summed E-state index contributed by atoms with van der Waals surface area (Å²) in [5, 5.41) is 50.3. The van der Waals surface area contributed by atoms with Crippen molar-refractivity contribution in [2.75, 3.05) is 0 Å². The Morgan fingerprint density at radius 3 is 2.31 bits per heavy atom. The number of aromatic hydroxyl groups is 4. The molecule has 0 aliphatic carbocycles. The van der Waals surface area contributed by atoms with Crippen molar-refractivity contribution < 1.29 is 30.3 Å². The van der Waals surface area contributed by atoms with Crippen molar-refractivity contribution in [3.05, 3.63) is 77.4 Å². The van der Waals surface area contributed by atoms with Crippen molar-refractivity contribution >= 4 is 11.8 Å². The molecule has 0 unspecified atom stereocenters. The van der Waals surface area contributed by atoms with Gasteiger partial charge >= 0.3 is 0 Å². The van der Waals surface area contributed by atoms with Gasteiger partial charge in [-0.3, -0.25) is 0 Å². The molecule has 0 saturated heterocycles. The first kappa shape index (κ1) is 19.3. The summed E-state index contributed by atoms with van der Waals surface area (Å²) in [6, 6.07) is 16.6. The van der Waals surface area contributed by atoms with Gasteiger partial charge in [0.2, 0.25) is 0 Å². The number of thioether (sulfide) groups is 1. The zero-order valence-electron chi connectivity index (χ0n) is 15.3. The maximum atomic E-state index is 11.1. The standard InChI is InChI=1S/C22H20O6S/c23-14-9-17(26)19-18(10-14)28-21(13-6-7-15(24)16(25)8-13)20(27)22(19)29-11-12-4-2-1-3-5-12/h1-10,20-27H,11H2/t20-,21-,22+/m1/s1. The minimum absolute atomic E-state index is 0.156. The second-order valence-electron chi connectivity index (χ2n) is 6.87. The number of fused-ring (bicyclic) bond motifs is 1. The molecule has 29 heavy (non-hydrogen) atoms. The van der Waals surface area contributed by atoms with Crippen molar-refractivity contribution in [2.45, 2.75) is 23.2 Å². The second-order valence-corrected chi connectivity index (χ2v) is 8.00. The van der Waals surface area contributed by atoms with Gasteiger partial charge in [-0.05, 0) is 23.3 Å². The Morgan fingerprint density at radius 1 is 0.828 bits per heavy atom. The largest absolute Gasteiger partial charge is 0.508 e. The average Bonchev–Trinajstić information content (AvgIpc) is 2.70. The smallest absolute Gasteiger partial charge is 0.157 e. The van der Waals surface area contributed by atoms with Crippen LogP contribution in [0.4, 0.5) is 0 Å². The highest BCUT2D eigenvalue weighted by molar-refractivity contribution is 7.98. The number of hydrogen-bond acceptors (Lipinski definition) is 7. The normalized spacial score (nSPS) is 20.7. The number of ether oxygens (including phenoxy) is 1. The van der Waals surface area contributed by atoms with Crippen LogP contribution in [0.2, 0.25) is 0 Å². The summed E-state index contributed by atoms with van der Waals surface area (Å²) >= 11 is 1.44. The Balaban J connectivity index is 1.72. The van der Waals surface area contributed by atoms with Gasteiger partial charge in [0.15, 0.2) is 17.6 Å². The second kappa shape index (κ2) is 7.77. The van der Waals surface area contributed by atoms with Gasteiger partial charge in [-0.25, -0.2) is 0 Å². The van der Waals surface area contributed by atoms with Crippen LogP contribution in [0.5, 0.6) is 28.7 Å². The van der Waals surface area contributed by atoms with Gasteiger partial charge in [0.05, 0.1) is 10.8 Å². The topological polar surface area (TPSA) is 110 Å². The van der Waals surface area contributed by atoms with Crippen molar-refractivity contribution in [3.8, 4) is 28.7 Å². The van der Waals surface area contributed by atoms with Crippen molar-refractivity contribution in [1.82, 2.24) is 0 Å². The molecule has 0 bridgehead atoms. The molecule has 0 spiro atoms. The van der Waals surface area contributed by atoms with Gasteiger partial charge in [0.1, 0.15) is 23.4 Å². The molecule has 0 amide bonds. The molecule has 0 saturated carbocycles. The lowest BCUT2D eigenvalue weighted by atomic mass is 9.93. The van der Waals surface area contributed by atoms with Crippen LogP contribution in [-0.2, 0) is 5.75 Å². The quantitative estimate of drug-likeness (QED) is 0.412. The third-order valence-electron chi connectivity index (χ3n) is 4.86. The van der Waals surface area contributed by atoms with Crippen LogP contribution in [-0.4, -0.2) is 31.6 Å². The fraction of sp³-hybridized carbons (Fsp3) is 0.182. The zero-order chi connectivity index (χ0) is 20.5. The van der Waals surface area contributed by atoms with Crippen LogP contribution in [0.3, 0.4) is 0 Å². The van der Waals surface area contributed by atoms with Gasteiger partial charge in [0.25, 0.3) is 0 Å². The molecular formula is C22H20O6S. The first-order chi connectivity index (χ1) is 13.9. The highest BCUT2D eigenvalue weighted by Gasteiger charge is 2.40. The molecule has 6 nitrogen and oxygen atoms in total. The molecule has 0 fully saturated rings. The van der Waals surface area contributed by atoms with Crippen molar-refractivity contribution in [3.63, 3.8) is 0 Å². The van der Waals surface area contributed by atoms with Crippen molar-refractivity contribution in [2.24, 2.45) is 0 Å². The maximum absolute atomic E-state index is 11.1. The number of phenols is 4. The van der Waals surface area contributed by atoms with Crippen LogP contribution >= 0.6 is 11.8 Å². The molecule has 3 aromatic rings. The van der Waals surface area contributed by atoms with E-state index >= 15 is 0 Å². The average molecular weight is 412 g/mol. The predicted molar refractivity (Wildman–Crippen MR) is 109 cm³/mol. The van der Waals surface area contributed by atoms with E-state index in [1.165, 1.54) is 36.0 Å². The number of aliphatic hydroxyl groups excluding tert-OH is 1. The number of hydrogen-bond donors (Lipinski definition) is 5. The summed E-state index contributed by atoms with van der Waals surface area (Å²) in [5.74, 6) is -0.0547. The summed E-state index contributed by atoms with van der Waals surface area (Å²) in [4.78, 5) is 0. The number of benzene rings is 3. The summed E-state index contributed by atoms with van der Waals surface area (Å²) in [5.41, 5.74) is 1.94. The van der Waals surface area contributed by atoms with Gasteiger partial charge in [-0.2, -0.15) is 0 Å². The molecule has 3 aromatic carbocycles. The lowest BCUT2D eigenvalue weighted by molar-refractivity contribution is 0.0174. The van der Waals surface area contributed by atoms with E-state index < -0.39 is 17.5 Å². The molecule has 1 heterocycles. The first-order valence-corrected chi connectivity index (χ1v) is 10.1. The third kappa shape index (κ3) is 3.79. The lowest BCUT2D eigenvalue weighted by Gasteiger charge is -2.37. The van der Waals surface area contributed by atoms with Gasteiger partial charge in [-0.1, -0.05) is 36.4 Å². The molecule has 1 aliphatic heterocycles. The minimum atomic E-state index is -1.05. The Morgan fingerprint density at radius 2 is 1.59 bits per heavy atom. The molecule has 0 aromatic heterocycles. The fourth-order valence-electron chi connectivity index (χ4n) is 3.44. The van der Waals surface area contributed by atoms with E-state index in [0.29, 0.717) is 16.9 Å². The minimum Gasteiger partial charge on any atom is -0.508 e. The summed E-state index contributed by atoms with van der Waals surface area (Å²) in [6.45, 7) is 0. The SMILES string of the molecule is Oc1cc(O)c2c(c1)O[C@H](c1ccc(O)c(O)c1)[C@@H](O)[C@H]2SCc1ccccc1. The molecule has 4 rings (SSSR count). The van der Waals surface area contributed by atoms with E-state index in [1.54, 1.807) is 6.07 Å². The third-order valence-corrected chi connectivity index (χ3v) is 6.24. The van der Waals surface area contributed by atoms with E-state index in [1.807, 2.05) is 30.3 Å². The number of phenolic OH excluding ortho intramolecular Hbond substituents is 4. The van der Waals surface area contributed by atoms with E-state index in [4.69, 9.17) is 4.74 Å². The fourth-order valence-corrected chi connectivity index (χ4v) is 4.75. The Bertz CT molecular complexity index is 1020. The van der Waals surface area contributed by atoms with Crippen LogP contribution < -0.4 is 4.74 Å². The summed E-state index contributed by atoms with van der Waals surface area (Å²) in [6.07, 6.45) is -1.90. The van der Waals surface area contributed by atoms with E-state index in [0.717, 1.165) is 5.56 Å². The Labute approximate surface area is 171 Å². The molecular weight excluding hydrogens is 392 g/mol. The predicted octanol–water partition coefficient (Wildman–Crippen LogP) is 3.98. The van der Waals surface area contributed by atoms with Crippen LogP contribution in [0.1, 0.15) is 28.0 Å². The maximum Gasteiger partial charge on any atom is 0.157 e. The van der Waals surface area contributed by atoms with Gasteiger partial charge in [0, 0.05) is 17.9 Å². The molecule has 7 heteroatoms. The molecule has 150 valence electrons.